The third-order valence-electron chi connectivity index (χ3n) is 7.97. The van der Waals surface area contributed by atoms with Crippen molar-refractivity contribution in [2.45, 2.75) is 90.5 Å². The number of benzene rings is 2. The van der Waals surface area contributed by atoms with Crippen molar-refractivity contribution in [2.24, 2.45) is 0 Å². The molecule has 9 heteroatoms. The Bertz CT molecular complexity index is 1350. The minimum atomic E-state index is -1.15. The summed E-state index contributed by atoms with van der Waals surface area (Å²) in [5.41, 5.74) is 3.44. The highest BCUT2D eigenvalue weighted by Crippen LogP contribution is 2.46. The summed E-state index contributed by atoms with van der Waals surface area (Å²) < 4.78 is 6.42. The number of phenolic OH excluding ortho intramolecular Hbond substituents is 2. The van der Waals surface area contributed by atoms with Crippen molar-refractivity contribution in [2.75, 3.05) is 0 Å². The van der Waals surface area contributed by atoms with Gasteiger partial charge >= 0.3 is 5.97 Å². The van der Waals surface area contributed by atoms with Gasteiger partial charge in [-0.15, -0.1) is 0 Å². The number of hydrogen-bond acceptors (Lipinski definition) is 6. The Morgan fingerprint density at radius 2 is 1.80 bits per heavy atom. The Labute approximate surface area is 248 Å². The van der Waals surface area contributed by atoms with Crippen LogP contribution in [0.2, 0.25) is 0 Å². The molecule has 0 aliphatic carbocycles. The molecule has 8 nitrogen and oxygen atoms in total. The number of aliphatic hydroxyl groups is 1. The van der Waals surface area contributed by atoms with Crippen LogP contribution in [0.4, 0.5) is 0 Å². The summed E-state index contributed by atoms with van der Waals surface area (Å²) in [5, 5.41) is 41.4. The molecule has 0 fully saturated rings. The van der Waals surface area contributed by atoms with Crippen molar-refractivity contribution in [3.05, 3.63) is 75.9 Å². The predicted molar refractivity (Wildman–Crippen MR) is 162 cm³/mol. The van der Waals surface area contributed by atoms with Crippen molar-refractivity contribution in [1.82, 2.24) is 4.90 Å². The standard InChI is InChI=1S/C32H39NO7.H2S/c1-19(2)7-5-8-20(3)9-6-14-32(4)28(36)17-24-27(35)16-23-25(29(24)40-32)18-33(30(23)37)26(31(38)39)15-21-10-12-22(34)13-11-21;/h7,9-13,16,26,28,34-36H,5-6,8,14-15,17-18H2,1-4H3,(H,38,39);1H2/b20-9+;/t26-,28-,32-;/m0./s1. The van der Waals surface area contributed by atoms with Crippen molar-refractivity contribution in [1.29, 1.82) is 0 Å². The Balaban J connectivity index is 0.00000462. The Morgan fingerprint density at radius 1 is 1.12 bits per heavy atom. The number of aromatic hydroxyl groups is 2. The minimum Gasteiger partial charge on any atom is -0.508 e. The van der Waals surface area contributed by atoms with Gasteiger partial charge in [0.05, 0.1) is 18.2 Å². The molecule has 2 aliphatic heterocycles. The highest BCUT2D eigenvalue weighted by atomic mass is 32.1. The molecule has 222 valence electrons. The molecular weight excluding hydrogens is 542 g/mol. The number of aliphatic carboxylic acids is 1. The maximum atomic E-state index is 13.4. The number of allylic oxidation sites excluding steroid dienone is 4. The molecule has 2 aromatic rings. The number of carboxylic acid groups (broad SMARTS) is 1. The van der Waals surface area contributed by atoms with Crippen LogP contribution < -0.4 is 4.74 Å². The van der Waals surface area contributed by atoms with Crippen LogP contribution in [0.15, 0.2) is 53.6 Å². The van der Waals surface area contributed by atoms with Gasteiger partial charge in [-0.2, -0.15) is 13.5 Å². The Hall–Kier alpha value is -3.43. The predicted octanol–water partition coefficient (Wildman–Crippen LogP) is 5.39. The van der Waals surface area contributed by atoms with Gasteiger partial charge in [0.15, 0.2) is 0 Å². The van der Waals surface area contributed by atoms with Crippen LogP contribution in [0.3, 0.4) is 0 Å². The van der Waals surface area contributed by atoms with Crippen molar-refractivity contribution in [3.8, 4) is 17.2 Å². The summed E-state index contributed by atoms with van der Waals surface area (Å²) >= 11 is 0. The van der Waals surface area contributed by atoms with Crippen molar-refractivity contribution in [3.63, 3.8) is 0 Å². The van der Waals surface area contributed by atoms with Gasteiger partial charge in [-0.05, 0) is 77.1 Å². The minimum absolute atomic E-state index is 0. The largest absolute Gasteiger partial charge is 0.508 e. The zero-order valence-electron chi connectivity index (χ0n) is 24.1. The Morgan fingerprint density at radius 3 is 2.44 bits per heavy atom. The number of carbonyl (C=O) groups is 2. The van der Waals surface area contributed by atoms with Crippen LogP contribution in [-0.4, -0.2) is 54.9 Å². The first-order valence-electron chi connectivity index (χ1n) is 13.7. The van der Waals surface area contributed by atoms with Gasteiger partial charge in [0.25, 0.3) is 5.91 Å². The first-order chi connectivity index (χ1) is 18.9. The highest BCUT2D eigenvalue weighted by molar-refractivity contribution is 7.59. The number of carbonyl (C=O) groups excluding carboxylic acids is 1. The fourth-order valence-corrected chi connectivity index (χ4v) is 5.46. The second kappa shape index (κ2) is 13.0. The second-order valence-corrected chi connectivity index (χ2v) is 11.4. The monoisotopic (exact) mass is 583 g/mol. The summed E-state index contributed by atoms with van der Waals surface area (Å²) in [4.78, 5) is 27.0. The van der Waals surface area contributed by atoms with E-state index >= 15 is 0 Å². The lowest BCUT2D eigenvalue weighted by Gasteiger charge is -2.41. The van der Waals surface area contributed by atoms with E-state index in [1.165, 1.54) is 34.2 Å². The zero-order chi connectivity index (χ0) is 29.2. The van der Waals surface area contributed by atoms with E-state index in [1.54, 1.807) is 12.1 Å². The van der Waals surface area contributed by atoms with Crippen LogP contribution in [0.5, 0.6) is 17.2 Å². The molecule has 1 amide bonds. The third kappa shape index (κ3) is 7.08. The lowest BCUT2D eigenvalue weighted by Crippen LogP contribution is -2.49. The van der Waals surface area contributed by atoms with E-state index in [1.807, 2.05) is 6.92 Å². The number of carboxylic acids is 1. The maximum Gasteiger partial charge on any atom is 0.326 e. The first kappa shape index (κ1) is 32.1. The van der Waals surface area contributed by atoms with Crippen LogP contribution >= 0.6 is 13.5 Å². The quantitative estimate of drug-likeness (QED) is 0.276. The molecule has 2 heterocycles. The fraction of sp³-hybridized carbons (Fsp3) is 0.438. The SMILES string of the molecule is CC(C)=CCC/C(C)=C/CC[C@]1(C)Oc2c(c(O)cc3c2CN([C@@H](Cc2ccc(O)cc2)C(=O)O)C3=O)C[C@@H]1O.S. The molecule has 0 radical (unpaired) electrons. The van der Waals surface area contributed by atoms with Gasteiger partial charge in [-0.3, -0.25) is 4.79 Å². The summed E-state index contributed by atoms with van der Waals surface area (Å²) in [6.45, 7) is 8.11. The van der Waals surface area contributed by atoms with Crippen LogP contribution in [0.25, 0.3) is 0 Å². The summed E-state index contributed by atoms with van der Waals surface area (Å²) in [6, 6.07) is 6.40. The smallest absolute Gasteiger partial charge is 0.326 e. The van der Waals surface area contributed by atoms with E-state index in [0.29, 0.717) is 35.3 Å². The topological polar surface area (TPSA) is 128 Å². The van der Waals surface area contributed by atoms with Gasteiger partial charge in [-0.1, -0.05) is 35.4 Å². The highest BCUT2D eigenvalue weighted by Gasteiger charge is 2.45. The van der Waals surface area contributed by atoms with Gasteiger partial charge in [-0.25, -0.2) is 4.79 Å². The average Bonchev–Trinajstić information content (AvgIpc) is 3.20. The lowest BCUT2D eigenvalue weighted by atomic mass is 9.84. The summed E-state index contributed by atoms with van der Waals surface area (Å²) in [6.07, 6.45) is 6.90. The molecule has 2 aliphatic rings. The first-order valence-corrected chi connectivity index (χ1v) is 13.7. The zero-order valence-corrected chi connectivity index (χ0v) is 25.1. The molecule has 4 rings (SSSR count). The lowest BCUT2D eigenvalue weighted by molar-refractivity contribution is -0.142. The maximum absolute atomic E-state index is 13.4. The van der Waals surface area contributed by atoms with Crippen LogP contribution in [0.1, 0.15) is 80.4 Å². The van der Waals surface area contributed by atoms with E-state index in [0.717, 1.165) is 12.8 Å². The number of phenols is 2. The Kier molecular flexibility index (Phi) is 10.2. The summed E-state index contributed by atoms with van der Waals surface area (Å²) in [7, 11) is 0. The molecule has 0 spiro atoms. The van der Waals surface area contributed by atoms with Crippen molar-refractivity contribution >= 4 is 25.4 Å². The third-order valence-corrected chi connectivity index (χ3v) is 7.97. The van der Waals surface area contributed by atoms with Gasteiger partial charge in [0.2, 0.25) is 0 Å². The number of ether oxygens (including phenoxy) is 1. The van der Waals surface area contributed by atoms with E-state index in [9.17, 15) is 30.0 Å². The van der Waals surface area contributed by atoms with Gasteiger partial charge in [0, 0.05) is 24.0 Å². The number of aliphatic hydroxyl groups excluding tert-OH is 1. The number of hydrogen-bond donors (Lipinski definition) is 4. The fourth-order valence-electron chi connectivity index (χ4n) is 5.46. The second-order valence-electron chi connectivity index (χ2n) is 11.4. The van der Waals surface area contributed by atoms with E-state index in [2.05, 4.69) is 32.9 Å². The molecule has 0 saturated heterocycles. The van der Waals surface area contributed by atoms with Crippen molar-refractivity contribution < 1.29 is 34.8 Å². The number of nitrogens with zero attached hydrogens (tertiary/aromatic N) is 1. The molecular formula is C32H41NO7S. The molecule has 0 bridgehead atoms. The van der Waals surface area contributed by atoms with E-state index < -0.39 is 29.6 Å². The van der Waals surface area contributed by atoms with Crippen LogP contribution in [0, 0.1) is 0 Å². The number of amides is 1. The van der Waals surface area contributed by atoms with Gasteiger partial charge in [0.1, 0.15) is 28.9 Å². The normalized spacial score (nSPS) is 20.4. The molecule has 0 aromatic heterocycles. The average molecular weight is 584 g/mol. The molecule has 0 unspecified atom stereocenters. The molecule has 41 heavy (non-hydrogen) atoms. The van der Waals surface area contributed by atoms with Gasteiger partial charge < -0.3 is 30.1 Å². The van der Waals surface area contributed by atoms with E-state index in [-0.39, 0.29) is 49.9 Å². The molecule has 3 atom stereocenters. The summed E-state index contributed by atoms with van der Waals surface area (Å²) in [5.74, 6) is -1.37. The van der Waals surface area contributed by atoms with E-state index in [4.69, 9.17) is 4.74 Å². The molecule has 2 aromatic carbocycles. The molecule has 4 N–H and O–H groups in total. The van der Waals surface area contributed by atoms with Crippen LogP contribution in [-0.2, 0) is 24.2 Å². The molecule has 0 saturated carbocycles. The number of fused-ring (bicyclic) bond motifs is 3. The number of rotatable bonds is 10.